The van der Waals surface area contributed by atoms with Gasteiger partial charge in [-0.1, -0.05) is 18.2 Å². The molecule has 1 fully saturated rings. The van der Waals surface area contributed by atoms with E-state index in [9.17, 15) is 0 Å². The fraction of sp³-hybridized carbons (Fsp3) is 0.625. The van der Waals surface area contributed by atoms with Crippen molar-refractivity contribution >= 4 is 5.69 Å². The number of hydrogen-bond donors (Lipinski definition) is 1. The summed E-state index contributed by atoms with van der Waals surface area (Å²) in [6, 6.07) is 11.3. The molecule has 1 saturated heterocycles. The third-order valence-corrected chi connectivity index (χ3v) is 3.92. The Labute approximate surface area is 117 Å². The molecule has 1 heterocycles. The van der Waals surface area contributed by atoms with Gasteiger partial charge in [0.25, 0.3) is 0 Å². The van der Waals surface area contributed by atoms with E-state index in [1.165, 1.54) is 12.1 Å². The van der Waals surface area contributed by atoms with Crippen LogP contribution in [-0.2, 0) is 0 Å². The summed E-state index contributed by atoms with van der Waals surface area (Å²) in [6.07, 6.45) is 1.17. The maximum absolute atomic E-state index is 3.59. The van der Waals surface area contributed by atoms with Crippen LogP contribution in [0, 0.1) is 0 Å². The van der Waals surface area contributed by atoms with Crippen LogP contribution in [0.1, 0.15) is 20.3 Å². The number of para-hydroxylation sites is 1. The van der Waals surface area contributed by atoms with Gasteiger partial charge < -0.3 is 15.1 Å². The van der Waals surface area contributed by atoms with E-state index in [1.54, 1.807) is 0 Å². The average Bonchev–Trinajstić information content (AvgIpc) is 2.48. The molecule has 1 unspecified atom stereocenters. The lowest BCUT2D eigenvalue weighted by Crippen LogP contribution is -2.54. The summed E-state index contributed by atoms with van der Waals surface area (Å²) in [5, 5.41) is 3.59. The second-order valence-electron chi connectivity index (χ2n) is 6.39. The maximum atomic E-state index is 3.59. The Morgan fingerprint density at radius 2 is 1.95 bits per heavy atom. The molecule has 0 amide bonds. The molecule has 106 valence electrons. The number of benzene rings is 1. The number of nitrogens with one attached hydrogen (secondary N) is 1. The monoisotopic (exact) mass is 261 g/mol. The second kappa shape index (κ2) is 5.93. The van der Waals surface area contributed by atoms with Crippen molar-refractivity contribution in [3.8, 4) is 0 Å². The van der Waals surface area contributed by atoms with Crippen LogP contribution in [0.15, 0.2) is 30.3 Å². The summed E-state index contributed by atoms with van der Waals surface area (Å²) in [4.78, 5) is 4.89. The summed E-state index contributed by atoms with van der Waals surface area (Å²) < 4.78 is 0. The highest BCUT2D eigenvalue weighted by Crippen LogP contribution is 2.30. The molecule has 2 rings (SSSR count). The van der Waals surface area contributed by atoms with Crippen molar-refractivity contribution in [2.45, 2.75) is 31.8 Å². The van der Waals surface area contributed by atoms with Gasteiger partial charge in [0.2, 0.25) is 0 Å². The smallest absolute Gasteiger partial charge is 0.0546 e. The average molecular weight is 261 g/mol. The number of rotatable bonds is 3. The van der Waals surface area contributed by atoms with Crippen molar-refractivity contribution in [3.63, 3.8) is 0 Å². The van der Waals surface area contributed by atoms with Crippen LogP contribution in [0.2, 0.25) is 0 Å². The van der Waals surface area contributed by atoms with E-state index in [-0.39, 0.29) is 5.54 Å². The molecule has 1 aliphatic heterocycles. The van der Waals surface area contributed by atoms with Gasteiger partial charge in [0.15, 0.2) is 0 Å². The van der Waals surface area contributed by atoms with E-state index in [0.717, 1.165) is 19.6 Å². The minimum absolute atomic E-state index is 0.186. The molecule has 1 aromatic rings. The zero-order valence-corrected chi connectivity index (χ0v) is 12.7. The van der Waals surface area contributed by atoms with Crippen molar-refractivity contribution in [3.05, 3.63) is 30.3 Å². The Kier molecular flexibility index (Phi) is 4.48. The molecular formula is C16H27N3. The molecule has 1 N–H and O–H groups in total. The Balaban J connectivity index is 2.33. The summed E-state index contributed by atoms with van der Waals surface area (Å²) >= 11 is 0. The lowest BCUT2D eigenvalue weighted by atomic mass is 9.95. The number of likely N-dealkylation sites (N-methyl/N-ethyl adjacent to an activating group) is 1. The van der Waals surface area contributed by atoms with Crippen LogP contribution in [0.5, 0.6) is 0 Å². The zero-order valence-electron chi connectivity index (χ0n) is 12.7. The van der Waals surface area contributed by atoms with Crippen molar-refractivity contribution in [2.75, 3.05) is 38.6 Å². The van der Waals surface area contributed by atoms with Gasteiger partial charge in [0.05, 0.1) is 6.04 Å². The lowest BCUT2D eigenvalue weighted by molar-refractivity contribution is 0.330. The third kappa shape index (κ3) is 3.48. The zero-order chi connectivity index (χ0) is 13.9. The van der Waals surface area contributed by atoms with Crippen molar-refractivity contribution < 1.29 is 0 Å². The van der Waals surface area contributed by atoms with Crippen molar-refractivity contribution in [2.24, 2.45) is 0 Å². The van der Waals surface area contributed by atoms with Gasteiger partial charge in [-0.3, -0.25) is 0 Å². The summed E-state index contributed by atoms with van der Waals surface area (Å²) in [5.74, 6) is 0. The van der Waals surface area contributed by atoms with Crippen LogP contribution in [0.25, 0.3) is 0 Å². The first-order valence-electron chi connectivity index (χ1n) is 7.20. The minimum atomic E-state index is 0.186. The molecule has 3 heteroatoms. The molecule has 0 radical (unpaired) electrons. The number of hydrogen-bond acceptors (Lipinski definition) is 3. The van der Waals surface area contributed by atoms with Gasteiger partial charge in [0.1, 0.15) is 0 Å². The predicted octanol–water partition coefficient (Wildman–Crippen LogP) is 2.20. The fourth-order valence-electron chi connectivity index (χ4n) is 3.09. The minimum Gasteiger partial charge on any atom is -0.361 e. The van der Waals surface area contributed by atoms with Crippen LogP contribution in [0.3, 0.4) is 0 Å². The molecule has 3 nitrogen and oxygen atoms in total. The number of anilines is 1. The van der Waals surface area contributed by atoms with Gasteiger partial charge >= 0.3 is 0 Å². The van der Waals surface area contributed by atoms with Crippen LogP contribution in [-0.4, -0.2) is 50.2 Å². The Bertz CT molecular complexity index is 386. The first-order chi connectivity index (χ1) is 9.00. The summed E-state index contributed by atoms with van der Waals surface area (Å²) in [6.45, 7) is 7.94. The van der Waals surface area contributed by atoms with Crippen molar-refractivity contribution in [1.29, 1.82) is 0 Å². The predicted molar refractivity (Wildman–Crippen MR) is 82.8 cm³/mol. The topological polar surface area (TPSA) is 18.5 Å². The van der Waals surface area contributed by atoms with E-state index in [1.807, 2.05) is 0 Å². The van der Waals surface area contributed by atoms with E-state index >= 15 is 0 Å². The highest BCUT2D eigenvalue weighted by Gasteiger charge is 2.34. The summed E-state index contributed by atoms with van der Waals surface area (Å²) in [7, 11) is 4.31. The molecule has 1 aromatic carbocycles. The molecular weight excluding hydrogens is 234 g/mol. The Morgan fingerprint density at radius 1 is 1.26 bits per heavy atom. The fourth-order valence-corrected chi connectivity index (χ4v) is 3.09. The first kappa shape index (κ1) is 14.4. The largest absolute Gasteiger partial charge is 0.361 e. The van der Waals surface area contributed by atoms with Gasteiger partial charge in [-0.05, 0) is 53.0 Å². The highest BCUT2D eigenvalue weighted by atomic mass is 15.3. The highest BCUT2D eigenvalue weighted by molar-refractivity contribution is 5.50. The van der Waals surface area contributed by atoms with Crippen LogP contribution in [0.4, 0.5) is 5.69 Å². The quantitative estimate of drug-likeness (QED) is 0.900. The molecule has 1 aliphatic rings. The van der Waals surface area contributed by atoms with Crippen LogP contribution >= 0.6 is 0 Å². The molecule has 0 bridgehead atoms. The van der Waals surface area contributed by atoms with Crippen LogP contribution < -0.4 is 10.2 Å². The van der Waals surface area contributed by atoms with E-state index in [0.29, 0.717) is 6.04 Å². The number of nitrogens with zero attached hydrogens (tertiary/aromatic N) is 2. The standard InChI is InChI=1S/C16H27N3/c1-16(2)10-11-17-12-15(13-18(3)4)19(16)14-8-6-5-7-9-14/h5-9,15,17H,10-13H2,1-4H3. The Morgan fingerprint density at radius 3 is 2.58 bits per heavy atom. The van der Waals surface area contributed by atoms with Crippen molar-refractivity contribution in [1.82, 2.24) is 10.2 Å². The van der Waals surface area contributed by atoms with E-state index in [2.05, 4.69) is 73.4 Å². The normalized spacial score (nSPS) is 23.4. The molecule has 0 saturated carbocycles. The molecule has 19 heavy (non-hydrogen) atoms. The first-order valence-corrected chi connectivity index (χ1v) is 7.20. The van der Waals surface area contributed by atoms with E-state index in [4.69, 9.17) is 0 Å². The van der Waals surface area contributed by atoms with Gasteiger partial charge in [-0.2, -0.15) is 0 Å². The van der Waals surface area contributed by atoms with Gasteiger partial charge in [-0.15, -0.1) is 0 Å². The second-order valence-corrected chi connectivity index (χ2v) is 6.39. The maximum Gasteiger partial charge on any atom is 0.0546 e. The lowest BCUT2D eigenvalue weighted by Gasteiger charge is -2.44. The van der Waals surface area contributed by atoms with E-state index < -0.39 is 0 Å². The molecule has 0 aliphatic carbocycles. The Hall–Kier alpha value is -1.06. The van der Waals surface area contributed by atoms with Gasteiger partial charge in [-0.25, -0.2) is 0 Å². The SMILES string of the molecule is CN(C)CC1CNCCC(C)(C)N1c1ccccc1. The molecule has 1 atom stereocenters. The molecule has 0 spiro atoms. The molecule has 0 aromatic heterocycles. The third-order valence-electron chi connectivity index (χ3n) is 3.92. The summed E-state index contributed by atoms with van der Waals surface area (Å²) in [5.41, 5.74) is 1.52. The van der Waals surface area contributed by atoms with Gasteiger partial charge in [0, 0.05) is 24.3 Å².